The van der Waals surface area contributed by atoms with E-state index in [1.165, 1.54) is 5.56 Å². The molecular weight excluding hydrogens is 316 g/mol. The molecule has 5 heteroatoms. The smallest absolute Gasteiger partial charge is 0.227 e. The number of carbonyl (C=O) groups is 1. The number of nitrogens with two attached hydrogens (primary N) is 1. The fourth-order valence-electron chi connectivity index (χ4n) is 2.44. The topological polar surface area (TPSA) is 73.6 Å². The Balaban J connectivity index is 1.81. The number of hydrogen-bond acceptors (Lipinski definition) is 4. The zero-order valence-electron chi connectivity index (χ0n) is 15.1. The van der Waals surface area contributed by atoms with Gasteiger partial charge in [-0.1, -0.05) is 6.07 Å². The number of ether oxygens (including phenoxy) is 2. The summed E-state index contributed by atoms with van der Waals surface area (Å²) in [5.74, 6) is 1.49. The van der Waals surface area contributed by atoms with Gasteiger partial charge < -0.3 is 20.5 Å². The zero-order chi connectivity index (χ0) is 18.2. The van der Waals surface area contributed by atoms with Crippen molar-refractivity contribution in [1.82, 2.24) is 0 Å². The van der Waals surface area contributed by atoms with Crippen LogP contribution in [0.3, 0.4) is 0 Å². The SMILES string of the molecule is Cc1cc(C)c(C)c(OCCC(=O)Nc2ccc(OCCN)cc2)c1. The summed E-state index contributed by atoms with van der Waals surface area (Å²) in [6, 6.07) is 11.3. The van der Waals surface area contributed by atoms with Gasteiger partial charge in [0, 0.05) is 12.2 Å². The van der Waals surface area contributed by atoms with Crippen LogP contribution < -0.4 is 20.5 Å². The number of nitrogens with one attached hydrogen (secondary N) is 1. The molecule has 134 valence electrons. The van der Waals surface area contributed by atoms with E-state index in [0.717, 1.165) is 28.3 Å². The fraction of sp³-hybridized carbons (Fsp3) is 0.350. The van der Waals surface area contributed by atoms with E-state index in [-0.39, 0.29) is 12.3 Å². The number of rotatable bonds is 8. The quantitative estimate of drug-likeness (QED) is 0.771. The van der Waals surface area contributed by atoms with Crippen molar-refractivity contribution in [1.29, 1.82) is 0 Å². The third kappa shape index (κ3) is 5.80. The van der Waals surface area contributed by atoms with E-state index < -0.39 is 0 Å². The maximum absolute atomic E-state index is 12.0. The van der Waals surface area contributed by atoms with Gasteiger partial charge in [0.2, 0.25) is 5.91 Å². The molecule has 0 aromatic heterocycles. The van der Waals surface area contributed by atoms with Gasteiger partial charge in [0.05, 0.1) is 13.0 Å². The summed E-state index contributed by atoms with van der Waals surface area (Å²) in [5.41, 5.74) is 9.58. The van der Waals surface area contributed by atoms with Crippen LogP contribution in [0.2, 0.25) is 0 Å². The summed E-state index contributed by atoms with van der Waals surface area (Å²) in [6.45, 7) is 7.40. The second-order valence-corrected chi connectivity index (χ2v) is 6.01. The zero-order valence-corrected chi connectivity index (χ0v) is 15.1. The minimum absolute atomic E-state index is 0.0855. The Bertz CT molecular complexity index is 712. The van der Waals surface area contributed by atoms with Gasteiger partial charge in [0.15, 0.2) is 0 Å². The summed E-state index contributed by atoms with van der Waals surface area (Å²) in [5, 5.41) is 2.85. The molecule has 0 saturated heterocycles. The molecule has 0 fully saturated rings. The van der Waals surface area contributed by atoms with Crippen molar-refractivity contribution in [3.63, 3.8) is 0 Å². The Hall–Kier alpha value is -2.53. The average molecular weight is 342 g/mol. The molecule has 2 aromatic carbocycles. The van der Waals surface area contributed by atoms with Gasteiger partial charge in [-0.15, -0.1) is 0 Å². The van der Waals surface area contributed by atoms with Crippen LogP contribution in [0.5, 0.6) is 11.5 Å². The van der Waals surface area contributed by atoms with E-state index in [2.05, 4.69) is 18.3 Å². The van der Waals surface area contributed by atoms with Crippen molar-refractivity contribution in [3.8, 4) is 11.5 Å². The number of aryl methyl sites for hydroxylation is 2. The number of hydrogen-bond donors (Lipinski definition) is 2. The van der Waals surface area contributed by atoms with Crippen LogP contribution in [0.4, 0.5) is 5.69 Å². The van der Waals surface area contributed by atoms with Crippen molar-refractivity contribution in [3.05, 3.63) is 53.1 Å². The Morgan fingerprint density at radius 2 is 1.76 bits per heavy atom. The minimum Gasteiger partial charge on any atom is -0.493 e. The summed E-state index contributed by atoms with van der Waals surface area (Å²) >= 11 is 0. The van der Waals surface area contributed by atoms with Crippen LogP contribution in [0.25, 0.3) is 0 Å². The Labute approximate surface area is 149 Å². The highest BCUT2D eigenvalue weighted by Gasteiger charge is 2.07. The molecule has 0 atom stereocenters. The molecule has 0 radical (unpaired) electrons. The lowest BCUT2D eigenvalue weighted by Crippen LogP contribution is -2.15. The lowest BCUT2D eigenvalue weighted by atomic mass is 10.1. The van der Waals surface area contributed by atoms with E-state index in [0.29, 0.717) is 19.8 Å². The average Bonchev–Trinajstić information content (AvgIpc) is 2.58. The normalized spacial score (nSPS) is 10.4. The van der Waals surface area contributed by atoms with Gasteiger partial charge in [-0.2, -0.15) is 0 Å². The molecule has 2 rings (SSSR count). The van der Waals surface area contributed by atoms with E-state index in [1.54, 1.807) is 24.3 Å². The first-order valence-corrected chi connectivity index (χ1v) is 8.43. The summed E-state index contributed by atoms with van der Waals surface area (Å²) < 4.78 is 11.2. The fourth-order valence-corrected chi connectivity index (χ4v) is 2.44. The summed E-state index contributed by atoms with van der Waals surface area (Å²) in [7, 11) is 0. The van der Waals surface area contributed by atoms with Gasteiger partial charge in [-0.25, -0.2) is 0 Å². The predicted octanol–water partition coefficient (Wildman–Crippen LogP) is 3.36. The van der Waals surface area contributed by atoms with Crippen molar-refractivity contribution in [2.75, 3.05) is 25.1 Å². The highest BCUT2D eigenvalue weighted by molar-refractivity contribution is 5.90. The van der Waals surface area contributed by atoms with Crippen molar-refractivity contribution >= 4 is 11.6 Å². The Morgan fingerprint density at radius 3 is 2.44 bits per heavy atom. The second-order valence-electron chi connectivity index (χ2n) is 6.01. The van der Waals surface area contributed by atoms with Gasteiger partial charge in [0.1, 0.15) is 18.1 Å². The van der Waals surface area contributed by atoms with Gasteiger partial charge in [0.25, 0.3) is 0 Å². The maximum Gasteiger partial charge on any atom is 0.227 e. The molecule has 0 spiro atoms. The molecule has 0 aliphatic rings. The molecular formula is C20H26N2O3. The Morgan fingerprint density at radius 1 is 1.04 bits per heavy atom. The van der Waals surface area contributed by atoms with Gasteiger partial charge in [-0.05, 0) is 67.8 Å². The maximum atomic E-state index is 12.0. The first kappa shape index (κ1) is 18.8. The second kappa shape index (κ2) is 9.08. The molecule has 5 nitrogen and oxygen atoms in total. The lowest BCUT2D eigenvalue weighted by molar-refractivity contribution is -0.116. The molecule has 0 aliphatic heterocycles. The summed E-state index contributed by atoms with van der Waals surface area (Å²) in [4.78, 5) is 12.0. The highest BCUT2D eigenvalue weighted by Crippen LogP contribution is 2.23. The molecule has 0 aliphatic carbocycles. The molecule has 3 N–H and O–H groups in total. The highest BCUT2D eigenvalue weighted by atomic mass is 16.5. The van der Waals surface area contributed by atoms with Gasteiger partial charge >= 0.3 is 0 Å². The molecule has 25 heavy (non-hydrogen) atoms. The third-order valence-electron chi connectivity index (χ3n) is 3.88. The Kier molecular flexibility index (Phi) is 6.83. The molecule has 0 heterocycles. The monoisotopic (exact) mass is 342 g/mol. The largest absolute Gasteiger partial charge is 0.493 e. The molecule has 0 saturated carbocycles. The van der Waals surface area contributed by atoms with Crippen LogP contribution in [0.15, 0.2) is 36.4 Å². The van der Waals surface area contributed by atoms with E-state index in [1.807, 2.05) is 19.9 Å². The number of anilines is 1. The van der Waals surface area contributed by atoms with Crippen LogP contribution in [-0.4, -0.2) is 25.7 Å². The minimum atomic E-state index is -0.0855. The summed E-state index contributed by atoms with van der Waals surface area (Å²) in [6.07, 6.45) is 0.290. The first-order valence-electron chi connectivity index (χ1n) is 8.43. The standard InChI is InChI=1S/C20H26N2O3/c1-14-12-15(2)16(3)19(13-14)25-10-8-20(23)22-17-4-6-18(7-5-17)24-11-9-21/h4-7,12-13H,8-11,21H2,1-3H3,(H,22,23). The van der Waals surface area contributed by atoms with E-state index >= 15 is 0 Å². The first-order chi connectivity index (χ1) is 12.0. The van der Waals surface area contributed by atoms with E-state index in [9.17, 15) is 4.79 Å². The lowest BCUT2D eigenvalue weighted by Gasteiger charge is -2.12. The molecule has 2 aromatic rings. The number of carbonyl (C=O) groups excluding carboxylic acids is 1. The number of benzene rings is 2. The van der Waals surface area contributed by atoms with Crippen LogP contribution >= 0.6 is 0 Å². The molecule has 1 amide bonds. The molecule has 0 bridgehead atoms. The van der Waals surface area contributed by atoms with Crippen molar-refractivity contribution in [2.45, 2.75) is 27.2 Å². The predicted molar refractivity (Wildman–Crippen MR) is 100 cm³/mol. The van der Waals surface area contributed by atoms with Gasteiger partial charge in [-0.3, -0.25) is 4.79 Å². The van der Waals surface area contributed by atoms with Crippen LogP contribution in [-0.2, 0) is 4.79 Å². The van der Waals surface area contributed by atoms with E-state index in [4.69, 9.17) is 15.2 Å². The van der Waals surface area contributed by atoms with Crippen LogP contribution in [0, 0.1) is 20.8 Å². The van der Waals surface area contributed by atoms with Crippen LogP contribution in [0.1, 0.15) is 23.1 Å². The van der Waals surface area contributed by atoms with Crippen molar-refractivity contribution < 1.29 is 14.3 Å². The molecule has 0 unspecified atom stereocenters. The third-order valence-corrected chi connectivity index (χ3v) is 3.88. The van der Waals surface area contributed by atoms with Crippen molar-refractivity contribution in [2.24, 2.45) is 5.73 Å². The number of amides is 1.